The Hall–Kier alpha value is -3.75. The van der Waals surface area contributed by atoms with E-state index in [1.165, 1.54) is 10.7 Å². The van der Waals surface area contributed by atoms with Gasteiger partial charge in [-0.15, -0.1) is 0 Å². The van der Waals surface area contributed by atoms with Gasteiger partial charge in [-0.2, -0.15) is 5.10 Å². The molecular weight excluding hydrogens is 414 g/mol. The average Bonchev–Trinajstić information content (AvgIpc) is 3.28. The summed E-state index contributed by atoms with van der Waals surface area (Å²) >= 11 is 0. The minimum atomic E-state index is -2.76. The highest BCUT2D eigenvalue weighted by Gasteiger charge is 2.29. The van der Waals surface area contributed by atoms with E-state index in [1.807, 2.05) is 29.2 Å². The molecule has 4 heterocycles. The van der Waals surface area contributed by atoms with Crippen LogP contribution in [0.25, 0.3) is 22.2 Å². The van der Waals surface area contributed by atoms with Crippen molar-refractivity contribution in [2.24, 2.45) is 0 Å². The molecule has 1 fully saturated rings. The third-order valence-electron chi connectivity index (χ3n) is 5.65. The monoisotopic (exact) mass is 434 g/mol. The topological polar surface area (TPSA) is 76.8 Å². The number of hydrogen-bond acceptors (Lipinski definition) is 6. The molecule has 1 atom stereocenters. The summed E-state index contributed by atoms with van der Waals surface area (Å²) in [6.07, 6.45) is 2.27. The Labute approximate surface area is 182 Å². The van der Waals surface area contributed by atoms with Crippen LogP contribution in [0.1, 0.15) is 25.1 Å². The normalized spacial score (nSPS) is 16.2. The van der Waals surface area contributed by atoms with E-state index >= 15 is 0 Å². The van der Waals surface area contributed by atoms with Crippen molar-refractivity contribution in [1.29, 1.82) is 0 Å². The van der Waals surface area contributed by atoms with Crippen molar-refractivity contribution in [1.82, 2.24) is 24.7 Å². The van der Waals surface area contributed by atoms with E-state index in [-0.39, 0.29) is 11.6 Å². The number of fused-ring (bicyclic) bond motifs is 1. The van der Waals surface area contributed by atoms with Crippen molar-refractivity contribution < 1.29 is 8.78 Å². The minimum Gasteiger partial charge on any atom is -0.351 e. The van der Waals surface area contributed by atoms with Gasteiger partial charge in [-0.05, 0) is 43.2 Å². The van der Waals surface area contributed by atoms with Gasteiger partial charge < -0.3 is 4.90 Å². The number of nitrogens with zero attached hydrogens (tertiary/aromatic N) is 6. The van der Waals surface area contributed by atoms with Crippen molar-refractivity contribution >= 4 is 16.7 Å². The van der Waals surface area contributed by atoms with Crippen LogP contribution in [0.5, 0.6) is 0 Å². The lowest BCUT2D eigenvalue weighted by Crippen LogP contribution is -2.37. The van der Waals surface area contributed by atoms with Crippen molar-refractivity contribution in [3.63, 3.8) is 0 Å². The molecular formula is C23H20F2N6O. The molecule has 0 bridgehead atoms. The molecule has 0 spiro atoms. The van der Waals surface area contributed by atoms with E-state index < -0.39 is 12.2 Å². The Morgan fingerprint density at radius 1 is 1.06 bits per heavy atom. The largest absolute Gasteiger partial charge is 0.351 e. The van der Waals surface area contributed by atoms with E-state index in [4.69, 9.17) is 0 Å². The number of hydrogen-bond donors (Lipinski definition) is 0. The van der Waals surface area contributed by atoms with Crippen molar-refractivity contribution in [2.75, 3.05) is 11.4 Å². The predicted molar refractivity (Wildman–Crippen MR) is 117 cm³/mol. The summed E-state index contributed by atoms with van der Waals surface area (Å²) in [7, 11) is 0. The maximum absolute atomic E-state index is 13.5. The van der Waals surface area contributed by atoms with Crippen LogP contribution in [-0.4, -0.2) is 37.3 Å². The molecule has 9 heteroatoms. The molecule has 1 unspecified atom stereocenters. The number of alkyl halides is 2. The van der Waals surface area contributed by atoms with E-state index in [9.17, 15) is 13.6 Å². The maximum atomic E-state index is 13.5. The Balaban J connectivity index is 1.51. The molecule has 0 aliphatic carbocycles. The molecule has 0 radical (unpaired) electrons. The van der Waals surface area contributed by atoms with Crippen molar-refractivity contribution in [3.8, 4) is 11.3 Å². The van der Waals surface area contributed by atoms with Crippen LogP contribution in [0.4, 0.5) is 14.6 Å². The molecule has 4 aromatic rings. The number of aromatic nitrogens is 5. The lowest BCUT2D eigenvalue weighted by atomic mass is 10.2. The first kappa shape index (κ1) is 20.2. The average molecular weight is 434 g/mol. The lowest BCUT2D eigenvalue weighted by molar-refractivity contribution is 0.141. The second-order valence-corrected chi connectivity index (χ2v) is 7.69. The third-order valence-corrected chi connectivity index (χ3v) is 5.65. The Bertz CT molecular complexity index is 1310. The Morgan fingerprint density at radius 2 is 1.94 bits per heavy atom. The van der Waals surface area contributed by atoms with E-state index in [1.54, 1.807) is 30.6 Å². The lowest BCUT2D eigenvalue weighted by Gasteiger charge is -2.27. The van der Waals surface area contributed by atoms with Gasteiger partial charge in [0, 0.05) is 36.0 Å². The van der Waals surface area contributed by atoms with Gasteiger partial charge in [-0.1, -0.05) is 12.1 Å². The molecule has 162 valence electrons. The highest BCUT2D eigenvalue weighted by molar-refractivity contribution is 5.89. The van der Waals surface area contributed by atoms with E-state index in [0.29, 0.717) is 35.5 Å². The molecule has 0 N–H and O–H groups in total. The van der Waals surface area contributed by atoms with Crippen LogP contribution in [0.15, 0.2) is 65.7 Å². The van der Waals surface area contributed by atoms with Gasteiger partial charge in [0.2, 0.25) is 0 Å². The van der Waals surface area contributed by atoms with Gasteiger partial charge in [-0.3, -0.25) is 9.78 Å². The first-order valence-corrected chi connectivity index (χ1v) is 10.4. The molecule has 0 saturated carbocycles. The van der Waals surface area contributed by atoms with Gasteiger partial charge >= 0.3 is 0 Å². The van der Waals surface area contributed by atoms with Crippen molar-refractivity contribution in [3.05, 3.63) is 77.1 Å². The van der Waals surface area contributed by atoms with Gasteiger partial charge in [0.1, 0.15) is 5.82 Å². The SMILES string of the molecule is O=c1ccc(-c2cccnc2)nn1CC1CCCN1c1nc(C(F)F)nc2ccccc12. The van der Waals surface area contributed by atoms with Crippen LogP contribution in [0.2, 0.25) is 0 Å². The molecule has 5 rings (SSSR count). The summed E-state index contributed by atoms with van der Waals surface area (Å²) in [5.41, 5.74) is 1.72. The predicted octanol–water partition coefficient (Wildman–Crippen LogP) is 3.86. The molecule has 1 saturated heterocycles. The van der Waals surface area contributed by atoms with Gasteiger partial charge in [0.15, 0.2) is 5.82 Å². The highest BCUT2D eigenvalue weighted by atomic mass is 19.3. The zero-order valence-electron chi connectivity index (χ0n) is 17.1. The number of rotatable bonds is 5. The van der Waals surface area contributed by atoms with Crippen LogP contribution in [-0.2, 0) is 6.54 Å². The summed E-state index contributed by atoms with van der Waals surface area (Å²) < 4.78 is 28.4. The number of benzene rings is 1. The molecule has 0 amide bonds. The third kappa shape index (κ3) is 3.81. The number of pyridine rings is 1. The van der Waals surface area contributed by atoms with Gasteiger partial charge in [-0.25, -0.2) is 23.4 Å². The number of halogens is 2. The quantitative estimate of drug-likeness (QED) is 0.475. The van der Waals surface area contributed by atoms with Gasteiger partial charge in [0.25, 0.3) is 12.0 Å². The summed E-state index contributed by atoms with van der Waals surface area (Å²) in [5, 5.41) is 5.24. The fraction of sp³-hybridized carbons (Fsp3) is 0.261. The molecule has 3 aromatic heterocycles. The summed E-state index contributed by atoms with van der Waals surface area (Å²) in [4.78, 5) is 26.9. The maximum Gasteiger partial charge on any atom is 0.297 e. The van der Waals surface area contributed by atoms with E-state index in [0.717, 1.165) is 18.4 Å². The zero-order valence-corrected chi connectivity index (χ0v) is 17.1. The van der Waals surface area contributed by atoms with Crippen LogP contribution >= 0.6 is 0 Å². The van der Waals surface area contributed by atoms with Crippen LogP contribution in [0.3, 0.4) is 0 Å². The zero-order chi connectivity index (χ0) is 22.1. The second-order valence-electron chi connectivity index (χ2n) is 7.69. The Morgan fingerprint density at radius 3 is 2.75 bits per heavy atom. The second kappa shape index (κ2) is 8.41. The molecule has 1 aromatic carbocycles. The van der Waals surface area contributed by atoms with Crippen molar-refractivity contribution in [2.45, 2.75) is 31.9 Å². The summed E-state index contributed by atoms with van der Waals surface area (Å²) in [6, 6.07) is 13.9. The van der Waals surface area contributed by atoms with Gasteiger partial charge in [0.05, 0.1) is 23.8 Å². The van der Waals surface area contributed by atoms with E-state index in [2.05, 4.69) is 20.1 Å². The minimum absolute atomic E-state index is 0.104. The Kier molecular flexibility index (Phi) is 5.30. The number of anilines is 1. The first-order chi connectivity index (χ1) is 15.6. The highest BCUT2D eigenvalue weighted by Crippen LogP contribution is 2.32. The summed E-state index contributed by atoms with van der Waals surface area (Å²) in [5.74, 6) is -0.0110. The summed E-state index contributed by atoms with van der Waals surface area (Å²) in [6.45, 7) is 0.987. The number of para-hydroxylation sites is 1. The standard InChI is InChI=1S/C23H20F2N6O/c24-21(25)22-27-19-8-2-1-7-17(19)23(28-22)30-12-4-6-16(30)14-31-20(32)10-9-18(29-31)15-5-3-11-26-13-15/h1-3,5,7-11,13,16,21H,4,6,12,14H2. The molecule has 1 aliphatic rings. The molecule has 7 nitrogen and oxygen atoms in total. The smallest absolute Gasteiger partial charge is 0.297 e. The first-order valence-electron chi connectivity index (χ1n) is 10.4. The molecule has 32 heavy (non-hydrogen) atoms. The fourth-order valence-corrected chi connectivity index (χ4v) is 4.15. The van der Waals surface area contributed by atoms with Crippen LogP contribution in [0, 0.1) is 0 Å². The fourth-order valence-electron chi connectivity index (χ4n) is 4.15. The molecule has 1 aliphatic heterocycles. The van der Waals surface area contributed by atoms with Crippen LogP contribution < -0.4 is 10.5 Å².